The van der Waals surface area contributed by atoms with E-state index in [1.54, 1.807) is 36.4 Å². The summed E-state index contributed by atoms with van der Waals surface area (Å²) in [5.74, 6) is -0.432. The summed E-state index contributed by atoms with van der Waals surface area (Å²) in [4.78, 5) is 13.1. The van der Waals surface area contributed by atoms with E-state index in [0.29, 0.717) is 29.1 Å². The molecule has 1 aliphatic heterocycles. The van der Waals surface area contributed by atoms with Gasteiger partial charge in [-0.1, -0.05) is 18.2 Å². The van der Waals surface area contributed by atoms with Crippen molar-refractivity contribution in [2.24, 2.45) is 5.10 Å². The Labute approximate surface area is 172 Å². The highest BCUT2D eigenvalue weighted by Crippen LogP contribution is 2.34. The number of carbonyl (C=O) groups is 1. The molecule has 0 saturated heterocycles. The van der Waals surface area contributed by atoms with Crippen molar-refractivity contribution in [2.45, 2.75) is 12.5 Å². The number of nitrogens with zero attached hydrogens (tertiary/aromatic N) is 2. The van der Waals surface area contributed by atoms with Crippen molar-refractivity contribution in [3.8, 4) is 0 Å². The van der Waals surface area contributed by atoms with Gasteiger partial charge >= 0.3 is 0 Å². The lowest BCUT2D eigenvalue weighted by atomic mass is 10.0. The molecule has 4 rings (SSSR count). The first kappa shape index (κ1) is 19.8. The molecule has 2 aromatic carbocycles. The van der Waals surface area contributed by atoms with E-state index in [1.807, 2.05) is 0 Å². The fourth-order valence-corrected chi connectivity index (χ4v) is 3.86. The maximum absolute atomic E-state index is 13.6. The van der Waals surface area contributed by atoms with Gasteiger partial charge in [-0.15, -0.1) is 0 Å². The zero-order chi connectivity index (χ0) is 21.3. The van der Waals surface area contributed by atoms with Crippen molar-refractivity contribution in [3.63, 3.8) is 0 Å². The molecule has 1 atom stereocenters. The van der Waals surface area contributed by atoms with E-state index in [1.165, 1.54) is 29.5 Å². The van der Waals surface area contributed by atoms with E-state index in [9.17, 15) is 17.6 Å². The number of rotatable bonds is 5. The standard InChI is InChI=1S/C21H18FN3O4S/c1-30(27,28)24-17-8-3-5-14(12-17)18-13-19(20-9-4-10-29-20)25(23-18)21(26)15-6-2-7-16(22)11-15/h2-12,19,24H,13H2,1H3/t19-/m1/s1. The Hall–Kier alpha value is -3.46. The van der Waals surface area contributed by atoms with Crippen LogP contribution in [0.2, 0.25) is 0 Å². The van der Waals surface area contributed by atoms with Crippen LogP contribution in [0.5, 0.6) is 0 Å². The van der Waals surface area contributed by atoms with Crippen LogP contribution >= 0.6 is 0 Å². The number of carbonyl (C=O) groups excluding carboxylic acids is 1. The predicted octanol–water partition coefficient (Wildman–Crippen LogP) is 3.78. The summed E-state index contributed by atoms with van der Waals surface area (Å²) in [5.41, 5.74) is 1.80. The van der Waals surface area contributed by atoms with Crippen LogP contribution in [0, 0.1) is 5.82 Å². The highest BCUT2D eigenvalue weighted by Gasteiger charge is 2.35. The number of nitrogens with one attached hydrogen (secondary N) is 1. The summed E-state index contributed by atoms with van der Waals surface area (Å²) in [5, 5.41) is 5.76. The number of amides is 1. The Bertz CT molecular complexity index is 1220. The van der Waals surface area contributed by atoms with E-state index >= 15 is 0 Å². The molecular formula is C21H18FN3O4S. The first-order chi connectivity index (χ1) is 14.3. The van der Waals surface area contributed by atoms with Crippen LogP contribution in [0.25, 0.3) is 0 Å². The maximum atomic E-state index is 13.6. The molecule has 0 unspecified atom stereocenters. The molecule has 154 valence electrons. The van der Waals surface area contributed by atoms with Crippen LogP contribution in [0.3, 0.4) is 0 Å². The molecule has 0 saturated carbocycles. The summed E-state index contributed by atoms with van der Waals surface area (Å²) >= 11 is 0. The van der Waals surface area contributed by atoms with Crippen LogP contribution in [0.15, 0.2) is 76.4 Å². The van der Waals surface area contributed by atoms with Crippen LogP contribution < -0.4 is 4.72 Å². The van der Waals surface area contributed by atoms with E-state index in [4.69, 9.17) is 4.42 Å². The highest BCUT2D eigenvalue weighted by molar-refractivity contribution is 7.92. The lowest BCUT2D eigenvalue weighted by molar-refractivity contribution is 0.0692. The number of halogens is 1. The van der Waals surface area contributed by atoms with E-state index in [-0.39, 0.29) is 5.56 Å². The zero-order valence-electron chi connectivity index (χ0n) is 15.9. The summed E-state index contributed by atoms with van der Waals surface area (Å²) in [6.45, 7) is 0. The second-order valence-corrected chi connectivity index (χ2v) is 8.65. The smallest absolute Gasteiger partial charge is 0.274 e. The summed E-state index contributed by atoms with van der Waals surface area (Å²) in [7, 11) is -3.43. The molecule has 7 nitrogen and oxygen atoms in total. The molecule has 3 aromatic rings. The van der Waals surface area contributed by atoms with Gasteiger partial charge in [0.15, 0.2) is 0 Å². The maximum Gasteiger partial charge on any atom is 0.274 e. The second kappa shape index (κ2) is 7.75. The minimum atomic E-state index is -3.43. The molecule has 9 heteroatoms. The fraction of sp³-hybridized carbons (Fsp3) is 0.143. The van der Waals surface area contributed by atoms with Crippen molar-refractivity contribution in [1.82, 2.24) is 5.01 Å². The van der Waals surface area contributed by atoms with Gasteiger partial charge in [0.25, 0.3) is 5.91 Å². The SMILES string of the molecule is CS(=O)(=O)Nc1cccc(C2=NN(C(=O)c3cccc(F)c3)[C@@H](c3ccco3)C2)c1. The third kappa shape index (κ3) is 4.25. The Morgan fingerprint density at radius 3 is 2.67 bits per heavy atom. The number of hydrogen-bond acceptors (Lipinski definition) is 5. The number of anilines is 1. The Morgan fingerprint density at radius 2 is 1.97 bits per heavy atom. The van der Waals surface area contributed by atoms with Crippen molar-refractivity contribution in [1.29, 1.82) is 0 Å². The molecule has 1 aromatic heterocycles. The number of sulfonamides is 1. The highest BCUT2D eigenvalue weighted by atomic mass is 32.2. The van der Waals surface area contributed by atoms with Crippen molar-refractivity contribution in [2.75, 3.05) is 11.0 Å². The van der Waals surface area contributed by atoms with Gasteiger partial charge < -0.3 is 4.42 Å². The second-order valence-electron chi connectivity index (χ2n) is 6.90. The van der Waals surface area contributed by atoms with Gasteiger partial charge in [-0.2, -0.15) is 5.10 Å². The average Bonchev–Trinajstić information content (AvgIpc) is 3.36. The van der Waals surface area contributed by atoms with Gasteiger partial charge in [0.1, 0.15) is 17.6 Å². The quantitative estimate of drug-likeness (QED) is 0.671. The first-order valence-electron chi connectivity index (χ1n) is 9.08. The number of furan rings is 1. The summed E-state index contributed by atoms with van der Waals surface area (Å²) in [6, 6.07) is 15.1. The molecule has 30 heavy (non-hydrogen) atoms. The minimum absolute atomic E-state index is 0.170. The van der Waals surface area contributed by atoms with Gasteiger partial charge in [-0.3, -0.25) is 9.52 Å². The monoisotopic (exact) mass is 427 g/mol. The third-order valence-corrected chi connectivity index (χ3v) is 5.17. The topological polar surface area (TPSA) is 92.0 Å². The van der Waals surface area contributed by atoms with Crippen LogP contribution in [0.1, 0.15) is 34.1 Å². The third-order valence-electron chi connectivity index (χ3n) is 4.56. The molecule has 0 fully saturated rings. The van der Waals surface area contributed by atoms with Crippen LogP contribution in [-0.2, 0) is 10.0 Å². The van der Waals surface area contributed by atoms with Gasteiger partial charge in [0.2, 0.25) is 10.0 Å². The van der Waals surface area contributed by atoms with Gasteiger partial charge in [0.05, 0.1) is 18.2 Å². The van der Waals surface area contributed by atoms with E-state index in [0.717, 1.165) is 12.3 Å². The molecule has 0 bridgehead atoms. The molecule has 0 aliphatic carbocycles. The predicted molar refractivity (Wildman–Crippen MR) is 110 cm³/mol. The van der Waals surface area contributed by atoms with Crippen molar-refractivity contribution < 1.29 is 22.0 Å². The van der Waals surface area contributed by atoms with Crippen molar-refractivity contribution >= 4 is 27.3 Å². The lowest BCUT2D eigenvalue weighted by Crippen LogP contribution is -2.26. The lowest BCUT2D eigenvalue weighted by Gasteiger charge is -2.19. The minimum Gasteiger partial charge on any atom is -0.467 e. The number of hydrogen-bond donors (Lipinski definition) is 1. The normalized spacial score (nSPS) is 16.4. The molecule has 1 aliphatic rings. The Kier molecular flexibility index (Phi) is 5.13. The van der Waals surface area contributed by atoms with E-state index < -0.39 is 27.8 Å². The molecule has 0 radical (unpaired) electrons. The molecule has 1 amide bonds. The van der Waals surface area contributed by atoms with Gasteiger partial charge in [0, 0.05) is 17.7 Å². The Balaban J connectivity index is 1.70. The van der Waals surface area contributed by atoms with Crippen molar-refractivity contribution in [3.05, 3.63) is 89.6 Å². The number of hydrazone groups is 1. The van der Waals surface area contributed by atoms with E-state index in [2.05, 4.69) is 9.82 Å². The molecule has 0 spiro atoms. The molecular weight excluding hydrogens is 409 g/mol. The zero-order valence-corrected chi connectivity index (χ0v) is 16.8. The number of benzene rings is 2. The molecule has 1 N–H and O–H groups in total. The largest absolute Gasteiger partial charge is 0.467 e. The van der Waals surface area contributed by atoms with Gasteiger partial charge in [-0.25, -0.2) is 17.8 Å². The fourth-order valence-electron chi connectivity index (χ4n) is 3.30. The average molecular weight is 427 g/mol. The molecule has 2 heterocycles. The summed E-state index contributed by atoms with van der Waals surface area (Å²) < 4.78 is 44.6. The van der Waals surface area contributed by atoms with Crippen LogP contribution in [0.4, 0.5) is 10.1 Å². The Morgan fingerprint density at radius 1 is 1.17 bits per heavy atom. The van der Waals surface area contributed by atoms with Gasteiger partial charge in [-0.05, 0) is 48.0 Å². The first-order valence-corrected chi connectivity index (χ1v) is 11.0. The summed E-state index contributed by atoms with van der Waals surface area (Å²) in [6.07, 6.45) is 2.94. The van der Waals surface area contributed by atoms with Crippen LogP contribution in [-0.4, -0.2) is 31.3 Å².